The van der Waals surface area contributed by atoms with E-state index in [2.05, 4.69) is 4.98 Å². The minimum absolute atomic E-state index is 0.0983. The van der Waals surface area contributed by atoms with Gasteiger partial charge in [-0.25, -0.2) is 4.98 Å². The van der Waals surface area contributed by atoms with E-state index in [0.29, 0.717) is 6.42 Å². The van der Waals surface area contributed by atoms with Crippen LogP contribution in [-0.2, 0) is 19.3 Å². The van der Waals surface area contributed by atoms with Crippen molar-refractivity contribution in [2.45, 2.75) is 26.2 Å². The minimum Gasteiger partial charge on any atom is -0.446 e. The number of hydrogen-bond acceptors (Lipinski definition) is 3. The molecule has 0 aliphatic carbocycles. The predicted molar refractivity (Wildman–Crippen MR) is 70.9 cm³/mol. The molecule has 2 aromatic rings. The Morgan fingerprint density at radius 2 is 2.11 bits per heavy atom. The number of oxazole rings is 1. The van der Waals surface area contributed by atoms with Crippen molar-refractivity contribution in [3.05, 3.63) is 52.2 Å². The first-order valence-electron chi connectivity index (χ1n) is 5.99. The lowest BCUT2D eigenvalue weighted by molar-refractivity contribution is 0.297. The van der Waals surface area contributed by atoms with Gasteiger partial charge in [0.05, 0.1) is 5.69 Å². The highest BCUT2D eigenvalue weighted by atomic mass is 35.5. The Hall–Kier alpha value is -1.32. The van der Waals surface area contributed by atoms with Crippen molar-refractivity contribution < 1.29 is 9.52 Å². The second-order valence-electron chi connectivity index (χ2n) is 4.21. The number of hydrogen-bond donors (Lipinski definition) is 1. The molecule has 2 rings (SSSR count). The van der Waals surface area contributed by atoms with E-state index in [0.717, 1.165) is 35.2 Å². The summed E-state index contributed by atoms with van der Waals surface area (Å²) in [7, 11) is 0. The molecule has 1 N–H and O–H groups in total. The highest BCUT2D eigenvalue weighted by molar-refractivity contribution is 6.30. The van der Waals surface area contributed by atoms with Crippen LogP contribution >= 0.6 is 11.6 Å². The minimum atomic E-state index is 0.0983. The summed E-state index contributed by atoms with van der Waals surface area (Å²) in [4.78, 5) is 4.38. The molecule has 0 unspecified atom stereocenters. The highest BCUT2D eigenvalue weighted by Crippen LogP contribution is 2.15. The molecule has 0 saturated heterocycles. The van der Waals surface area contributed by atoms with Gasteiger partial charge in [0.25, 0.3) is 0 Å². The molecule has 0 radical (unpaired) electrons. The van der Waals surface area contributed by atoms with Gasteiger partial charge in [0.15, 0.2) is 5.89 Å². The standard InChI is InChI=1S/C14H16ClNO2/c1-10-13(7-8-17)16-14(18-10)6-5-11-3-2-4-12(15)9-11/h2-4,9,17H,5-8H2,1H3. The zero-order valence-electron chi connectivity index (χ0n) is 10.3. The molecule has 18 heavy (non-hydrogen) atoms. The Kier molecular flexibility index (Phi) is 4.39. The van der Waals surface area contributed by atoms with Gasteiger partial charge >= 0.3 is 0 Å². The van der Waals surface area contributed by atoms with E-state index in [1.165, 1.54) is 5.56 Å². The summed E-state index contributed by atoms with van der Waals surface area (Å²) in [6, 6.07) is 7.79. The van der Waals surface area contributed by atoms with E-state index >= 15 is 0 Å². The molecule has 0 saturated carbocycles. The molecule has 96 valence electrons. The third-order valence-corrected chi connectivity index (χ3v) is 3.04. The fourth-order valence-electron chi connectivity index (χ4n) is 1.88. The lowest BCUT2D eigenvalue weighted by Crippen LogP contribution is -1.95. The molecule has 0 atom stereocenters. The SMILES string of the molecule is Cc1oc(CCc2cccc(Cl)c2)nc1CCO. The number of aliphatic hydroxyl groups excluding tert-OH is 1. The summed E-state index contributed by atoms with van der Waals surface area (Å²) in [5, 5.41) is 9.64. The van der Waals surface area contributed by atoms with Gasteiger partial charge in [0.1, 0.15) is 5.76 Å². The average molecular weight is 266 g/mol. The monoisotopic (exact) mass is 265 g/mol. The van der Waals surface area contributed by atoms with Crippen molar-refractivity contribution in [1.82, 2.24) is 4.98 Å². The van der Waals surface area contributed by atoms with Crippen LogP contribution in [0.5, 0.6) is 0 Å². The van der Waals surface area contributed by atoms with Crippen molar-refractivity contribution in [2.75, 3.05) is 6.61 Å². The van der Waals surface area contributed by atoms with E-state index in [1.807, 2.05) is 31.2 Å². The molecule has 0 amide bonds. The van der Waals surface area contributed by atoms with Crippen LogP contribution in [0.2, 0.25) is 5.02 Å². The number of benzene rings is 1. The van der Waals surface area contributed by atoms with Gasteiger partial charge in [0, 0.05) is 24.5 Å². The predicted octanol–water partition coefficient (Wildman–Crippen LogP) is 2.96. The maximum absolute atomic E-state index is 8.90. The van der Waals surface area contributed by atoms with Crippen molar-refractivity contribution in [3.63, 3.8) is 0 Å². The van der Waals surface area contributed by atoms with Gasteiger partial charge in [-0.2, -0.15) is 0 Å². The molecule has 4 heteroatoms. The Labute approximate surface area is 111 Å². The lowest BCUT2D eigenvalue weighted by atomic mass is 10.1. The van der Waals surface area contributed by atoms with Crippen LogP contribution < -0.4 is 0 Å². The van der Waals surface area contributed by atoms with E-state index in [1.54, 1.807) is 0 Å². The number of halogens is 1. The summed E-state index contributed by atoms with van der Waals surface area (Å²) in [6.45, 7) is 1.97. The van der Waals surface area contributed by atoms with Crippen LogP contribution in [0.3, 0.4) is 0 Å². The smallest absolute Gasteiger partial charge is 0.194 e. The topological polar surface area (TPSA) is 46.3 Å². The van der Waals surface area contributed by atoms with Gasteiger partial charge < -0.3 is 9.52 Å². The molecular formula is C14H16ClNO2. The molecule has 1 aromatic carbocycles. The van der Waals surface area contributed by atoms with Crippen LogP contribution in [-0.4, -0.2) is 16.7 Å². The summed E-state index contributed by atoms with van der Waals surface area (Å²) in [5.41, 5.74) is 2.01. The van der Waals surface area contributed by atoms with E-state index in [4.69, 9.17) is 21.1 Å². The fourth-order valence-corrected chi connectivity index (χ4v) is 2.09. The van der Waals surface area contributed by atoms with Crippen LogP contribution in [0, 0.1) is 6.92 Å². The summed E-state index contributed by atoms with van der Waals surface area (Å²) < 4.78 is 5.56. The zero-order valence-corrected chi connectivity index (χ0v) is 11.1. The normalized spacial score (nSPS) is 10.8. The van der Waals surface area contributed by atoms with Gasteiger partial charge in [-0.3, -0.25) is 0 Å². The van der Waals surface area contributed by atoms with Gasteiger partial charge in [-0.1, -0.05) is 23.7 Å². The number of rotatable bonds is 5. The molecule has 1 heterocycles. The number of nitrogens with zero attached hydrogens (tertiary/aromatic N) is 1. The van der Waals surface area contributed by atoms with Crippen LogP contribution in [0.1, 0.15) is 22.9 Å². The molecule has 1 aromatic heterocycles. The lowest BCUT2D eigenvalue weighted by Gasteiger charge is -1.99. The van der Waals surface area contributed by atoms with Crippen molar-refractivity contribution in [3.8, 4) is 0 Å². The van der Waals surface area contributed by atoms with Crippen LogP contribution in [0.15, 0.2) is 28.7 Å². The third kappa shape index (κ3) is 3.34. The summed E-state index contributed by atoms with van der Waals surface area (Å²) in [6.07, 6.45) is 2.14. The molecule has 0 aliphatic rings. The Morgan fingerprint density at radius 1 is 1.28 bits per heavy atom. The average Bonchev–Trinajstić information content (AvgIpc) is 2.69. The quantitative estimate of drug-likeness (QED) is 0.904. The highest BCUT2D eigenvalue weighted by Gasteiger charge is 2.09. The molecule has 0 aliphatic heterocycles. The first kappa shape index (κ1) is 13.1. The molecule has 0 fully saturated rings. The maximum atomic E-state index is 8.90. The number of aromatic nitrogens is 1. The second kappa shape index (κ2) is 6.03. The van der Waals surface area contributed by atoms with Gasteiger partial charge in [-0.05, 0) is 31.0 Å². The number of aryl methyl sites for hydroxylation is 3. The largest absolute Gasteiger partial charge is 0.446 e. The van der Waals surface area contributed by atoms with E-state index < -0.39 is 0 Å². The Balaban J connectivity index is 2.00. The van der Waals surface area contributed by atoms with Crippen LogP contribution in [0.25, 0.3) is 0 Å². The molecule has 0 spiro atoms. The first-order chi connectivity index (χ1) is 8.69. The Bertz CT molecular complexity index is 522. The summed E-state index contributed by atoms with van der Waals surface area (Å²) >= 11 is 5.93. The fraction of sp³-hybridized carbons (Fsp3) is 0.357. The first-order valence-corrected chi connectivity index (χ1v) is 6.37. The summed E-state index contributed by atoms with van der Waals surface area (Å²) in [5.74, 6) is 1.51. The van der Waals surface area contributed by atoms with Crippen molar-refractivity contribution in [1.29, 1.82) is 0 Å². The molecule has 3 nitrogen and oxygen atoms in total. The second-order valence-corrected chi connectivity index (χ2v) is 4.65. The zero-order chi connectivity index (χ0) is 13.0. The van der Waals surface area contributed by atoms with E-state index in [-0.39, 0.29) is 6.61 Å². The van der Waals surface area contributed by atoms with Crippen LogP contribution in [0.4, 0.5) is 0 Å². The molecular weight excluding hydrogens is 250 g/mol. The Morgan fingerprint density at radius 3 is 2.83 bits per heavy atom. The van der Waals surface area contributed by atoms with Crippen molar-refractivity contribution >= 4 is 11.6 Å². The van der Waals surface area contributed by atoms with Crippen molar-refractivity contribution in [2.24, 2.45) is 0 Å². The van der Waals surface area contributed by atoms with Gasteiger partial charge in [0.2, 0.25) is 0 Å². The van der Waals surface area contributed by atoms with Gasteiger partial charge in [-0.15, -0.1) is 0 Å². The third-order valence-electron chi connectivity index (χ3n) is 2.80. The number of aliphatic hydroxyl groups is 1. The maximum Gasteiger partial charge on any atom is 0.194 e. The molecule has 0 bridgehead atoms. The van der Waals surface area contributed by atoms with E-state index in [9.17, 15) is 0 Å².